The molecule has 1 unspecified atom stereocenters. The van der Waals surface area contributed by atoms with Crippen LogP contribution in [0.5, 0.6) is 0 Å². The summed E-state index contributed by atoms with van der Waals surface area (Å²) in [5.41, 5.74) is 0. The highest BCUT2D eigenvalue weighted by atomic mass is 32.2. The van der Waals surface area contributed by atoms with Gasteiger partial charge in [-0.3, -0.25) is 0 Å². The Morgan fingerprint density at radius 3 is 2.46 bits per heavy atom. The average Bonchev–Trinajstić information content (AvgIpc) is 2.00. The molecule has 2 aliphatic rings. The highest BCUT2D eigenvalue weighted by Gasteiger charge is 2.42. The van der Waals surface area contributed by atoms with Crippen LogP contribution in [-0.4, -0.2) is 35.8 Å². The van der Waals surface area contributed by atoms with Crippen LogP contribution in [0, 0.1) is 0 Å². The molecule has 3 heteroatoms. The summed E-state index contributed by atoms with van der Waals surface area (Å²) in [5.74, 6) is 1.28. The number of rotatable bonds is 3. The zero-order valence-corrected chi connectivity index (χ0v) is 9.49. The first-order valence-corrected chi connectivity index (χ1v) is 6.03. The zero-order valence-electron chi connectivity index (χ0n) is 8.67. The molecule has 1 aliphatic carbocycles. The van der Waals surface area contributed by atoms with Gasteiger partial charge < -0.3 is 10.1 Å². The first-order valence-electron chi connectivity index (χ1n) is 5.04. The predicted octanol–water partition coefficient (Wildman–Crippen LogP) is 1.65. The van der Waals surface area contributed by atoms with Crippen molar-refractivity contribution in [2.75, 3.05) is 12.9 Å². The Balaban J connectivity index is 1.69. The first kappa shape index (κ1) is 9.81. The highest BCUT2D eigenvalue weighted by Crippen LogP contribution is 2.41. The van der Waals surface area contributed by atoms with Crippen LogP contribution in [0.2, 0.25) is 0 Å². The number of hydrogen-bond donors (Lipinski definition) is 1. The molecule has 0 aromatic heterocycles. The summed E-state index contributed by atoms with van der Waals surface area (Å²) in [4.78, 5) is 0. The Bertz CT molecular complexity index is 189. The van der Waals surface area contributed by atoms with Crippen molar-refractivity contribution in [2.45, 2.75) is 49.6 Å². The van der Waals surface area contributed by atoms with Gasteiger partial charge in [0.1, 0.15) is 0 Å². The van der Waals surface area contributed by atoms with Crippen molar-refractivity contribution in [3.63, 3.8) is 0 Å². The van der Waals surface area contributed by atoms with Crippen LogP contribution >= 0.6 is 11.8 Å². The number of hydrogen-bond acceptors (Lipinski definition) is 3. The fourth-order valence-electron chi connectivity index (χ4n) is 1.93. The van der Waals surface area contributed by atoms with Gasteiger partial charge in [0, 0.05) is 29.7 Å². The van der Waals surface area contributed by atoms with Gasteiger partial charge in [-0.1, -0.05) is 0 Å². The monoisotopic (exact) mass is 201 g/mol. The summed E-state index contributed by atoms with van der Waals surface area (Å²) in [6.07, 6.45) is 2.93. The minimum Gasteiger partial charge on any atom is -0.381 e. The molecule has 1 saturated heterocycles. The molecule has 2 rings (SSSR count). The molecule has 0 bridgehead atoms. The van der Waals surface area contributed by atoms with E-state index in [4.69, 9.17) is 4.74 Å². The third-order valence-electron chi connectivity index (χ3n) is 3.33. The van der Waals surface area contributed by atoms with Crippen LogP contribution in [0.1, 0.15) is 26.7 Å². The Morgan fingerprint density at radius 1 is 1.38 bits per heavy atom. The van der Waals surface area contributed by atoms with Crippen molar-refractivity contribution in [1.82, 2.24) is 5.32 Å². The molecule has 13 heavy (non-hydrogen) atoms. The van der Waals surface area contributed by atoms with E-state index in [1.165, 1.54) is 18.6 Å². The van der Waals surface area contributed by atoms with Crippen molar-refractivity contribution in [1.29, 1.82) is 0 Å². The van der Waals surface area contributed by atoms with E-state index in [9.17, 15) is 0 Å². The summed E-state index contributed by atoms with van der Waals surface area (Å²) in [7, 11) is 1.81. The van der Waals surface area contributed by atoms with Crippen molar-refractivity contribution >= 4 is 11.8 Å². The molecule has 1 heterocycles. The second kappa shape index (κ2) is 3.44. The van der Waals surface area contributed by atoms with E-state index in [0.717, 1.165) is 12.1 Å². The Labute approximate surface area is 84.8 Å². The van der Waals surface area contributed by atoms with Crippen LogP contribution in [0.15, 0.2) is 0 Å². The molecule has 0 amide bonds. The maximum Gasteiger partial charge on any atom is 0.0601 e. The van der Waals surface area contributed by atoms with Crippen LogP contribution in [0.25, 0.3) is 0 Å². The van der Waals surface area contributed by atoms with Gasteiger partial charge in [0.05, 0.1) is 6.10 Å². The maximum absolute atomic E-state index is 5.26. The minimum atomic E-state index is 0.457. The number of ether oxygens (including phenoxy) is 1. The molecule has 2 fully saturated rings. The largest absolute Gasteiger partial charge is 0.381 e. The third-order valence-corrected chi connectivity index (χ3v) is 4.85. The molecule has 76 valence electrons. The van der Waals surface area contributed by atoms with E-state index in [1.807, 2.05) is 7.11 Å². The van der Waals surface area contributed by atoms with E-state index >= 15 is 0 Å². The van der Waals surface area contributed by atoms with Crippen LogP contribution < -0.4 is 5.32 Å². The van der Waals surface area contributed by atoms with Gasteiger partial charge in [0.2, 0.25) is 0 Å². The van der Waals surface area contributed by atoms with Gasteiger partial charge in [-0.05, 0) is 26.7 Å². The molecule has 1 atom stereocenters. The molecule has 1 saturated carbocycles. The summed E-state index contributed by atoms with van der Waals surface area (Å²) in [6, 6.07) is 1.44. The van der Waals surface area contributed by atoms with E-state index in [-0.39, 0.29) is 0 Å². The van der Waals surface area contributed by atoms with Crippen molar-refractivity contribution < 1.29 is 4.74 Å². The second-order valence-corrected chi connectivity index (χ2v) is 6.33. The van der Waals surface area contributed by atoms with Gasteiger partial charge in [-0.25, -0.2) is 0 Å². The molecule has 2 nitrogen and oxygen atoms in total. The van der Waals surface area contributed by atoms with Gasteiger partial charge in [-0.2, -0.15) is 11.8 Å². The lowest BCUT2D eigenvalue weighted by atomic mass is 9.87. The molecular formula is C10H19NOS. The van der Waals surface area contributed by atoms with Crippen LogP contribution in [0.4, 0.5) is 0 Å². The zero-order chi connectivity index (χ0) is 9.47. The number of thioether (sulfide) groups is 1. The standard InChI is InChI=1S/C10H19NOS/c1-10(2)9(6-13-10)11-7-4-8(5-7)12-3/h7-9,11H,4-6H2,1-3H3. The molecular weight excluding hydrogens is 182 g/mol. The normalized spacial score (nSPS) is 42.2. The van der Waals surface area contributed by atoms with Gasteiger partial charge in [-0.15, -0.1) is 0 Å². The van der Waals surface area contributed by atoms with Gasteiger partial charge in [0.15, 0.2) is 0 Å². The summed E-state index contributed by atoms with van der Waals surface area (Å²) < 4.78 is 5.71. The molecule has 0 aromatic carbocycles. The summed E-state index contributed by atoms with van der Waals surface area (Å²) in [5, 5.41) is 3.71. The molecule has 1 aliphatic heterocycles. The lowest BCUT2D eigenvalue weighted by molar-refractivity contribution is 0.0134. The van der Waals surface area contributed by atoms with Gasteiger partial charge >= 0.3 is 0 Å². The van der Waals surface area contributed by atoms with Crippen LogP contribution in [0.3, 0.4) is 0 Å². The van der Waals surface area contributed by atoms with Crippen LogP contribution in [-0.2, 0) is 4.74 Å². The summed E-state index contributed by atoms with van der Waals surface area (Å²) in [6.45, 7) is 4.65. The molecule has 0 radical (unpaired) electrons. The van der Waals surface area contributed by atoms with Crippen molar-refractivity contribution in [3.05, 3.63) is 0 Å². The second-order valence-electron chi connectivity index (χ2n) is 4.66. The van der Waals surface area contributed by atoms with Crippen molar-refractivity contribution in [3.8, 4) is 0 Å². The maximum atomic E-state index is 5.26. The molecule has 0 aromatic rings. The molecule has 1 N–H and O–H groups in total. The van der Waals surface area contributed by atoms with E-state index in [0.29, 0.717) is 10.9 Å². The number of methoxy groups -OCH3 is 1. The average molecular weight is 201 g/mol. The highest BCUT2D eigenvalue weighted by molar-refractivity contribution is 8.02. The quantitative estimate of drug-likeness (QED) is 0.750. The van der Waals surface area contributed by atoms with E-state index in [1.54, 1.807) is 0 Å². The Morgan fingerprint density at radius 2 is 2.08 bits per heavy atom. The smallest absolute Gasteiger partial charge is 0.0601 e. The fourth-order valence-corrected chi connectivity index (χ4v) is 3.09. The van der Waals surface area contributed by atoms with Crippen molar-refractivity contribution in [2.24, 2.45) is 0 Å². The fraction of sp³-hybridized carbons (Fsp3) is 1.00. The Hall–Kier alpha value is 0.270. The lowest BCUT2D eigenvalue weighted by Gasteiger charge is -2.48. The van der Waals surface area contributed by atoms with E-state index in [2.05, 4.69) is 30.9 Å². The topological polar surface area (TPSA) is 21.3 Å². The summed E-state index contributed by atoms with van der Waals surface area (Å²) >= 11 is 2.06. The molecule has 0 spiro atoms. The van der Waals surface area contributed by atoms with Gasteiger partial charge in [0.25, 0.3) is 0 Å². The lowest BCUT2D eigenvalue weighted by Crippen LogP contribution is -2.60. The predicted molar refractivity (Wildman–Crippen MR) is 57.3 cm³/mol. The Kier molecular flexibility index (Phi) is 2.60. The SMILES string of the molecule is COC1CC(NC2CSC2(C)C)C1. The minimum absolute atomic E-state index is 0.457. The third kappa shape index (κ3) is 1.88. The first-order chi connectivity index (χ1) is 6.12. The number of nitrogens with one attached hydrogen (secondary N) is 1. The van der Waals surface area contributed by atoms with E-state index < -0.39 is 0 Å².